The number of hydrogen-bond donors (Lipinski definition) is 2. The van der Waals surface area contributed by atoms with Crippen molar-refractivity contribution >= 4 is 21.9 Å². The molecule has 0 aromatic heterocycles. The van der Waals surface area contributed by atoms with Crippen molar-refractivity contribution in [3.63, 3.8) is 0 Å². The van der Waals surface area contributed by atoms with Crippen molar-refractivity contribution in [1.29, 1.82) is 5.41 Å². The number of carbonyl (C=O) groups excluding carboxylic acids is 1. The molecule has 1 fully saturated rings. The van der Waals surface area contributed by atoms with Crippen LogP contribution in [0.1, 0.15) is 50.2 Å². The first-order chi connectivity index (χ1) is 15.9. The maximum Gasteiger partial charge on any atom is 0.266 e. The molecular weight excluding hydrogens is 436 g/mol. The molecule has 1 amide bonds. The fraction of sp³-hybridized carbons (Fsp3) is 0.440. The van der Waals surface area contributed by atoms with Gasteiger partial charge in [0.15, 0.2) is 0 Å². The van der Waals surface area contributed by atoms with Gasteiger partial charge < -0.3 is 10.2 Å². The van der Waals surface area contributed by atoms with Gasteiger partial charge in [-0.1, -0.05) is 62.7 Å². The molecule has 1 atom stereocenters. The van der Waals surface area contributed by atoms with Crippen LogP contribution in [-0.2, 0) is 21.2 Å². The fourth-order valence-electron chi connectivity index (χ4n) is 4.05. The van der Waals surface area contributed by atoms with E-state index in [0.717, 1.165) is 30.4 Å². The Balaban J connectivity index is 1.56. The zero-order chi connectivity index (χ0) is 23.8. The molecule has 1 unspecified atom stereocenters. The van der Waals surface area contributed by atoms with Crippen LogP contribution in [0, 0.1) is 5.41 Å². The van der Waals surface area contributed by atoms with E-state index < -0.39 is 10.0 Å². The van der Waals surface area contributed by atoms with E-state index in [1.54, 1.807) is 24.3 Å². The van der Waals surface area contributed by atoms with Crippen molar-refractivity contribution < 1.29 is 13.2 Å². The number of amides is 1. The summed E-state index contributed by atoms with van der Waals surface area (Å²) in [6.45, 7) is 6.12. The molecule has 0 bridgehead atoms. The molecule has 0 spiro atoms. The highest BCUT2D eigenvalue weighted by molar-refractivity contribution is 7.89. The summed E-state index contributed by atoms with van der Waals surface area (Å²) >= 11 is 0. The summed E-state index contributed by atoms with van der Waals surface area (Å²) in [6, 6.07) is 16.5. The van der Waals surface area contributed by atoms with E-state index in [4.69, 9.17) is 5.41 Å². The smallest absolute Gasteiger partial charge is 0.266 e. The number of hydrogen-bond acceptors (Lipinski definition) is 4. The highest BCUT2D eigenvalue weighted by Crippen LogP contribution is 2.22. The Labute approximate surface area is 197 Å². The average Bonchev–Trinajstić information content (AvgIpc) is 3.20. The normalized spacial score (nSPS) is 15.0. The number of nitrogens with one attached hydrogen (secondary N) is 2. The van der Waals surface area contributed by atoms with Crippen LogP contribution >= 0.6 is 0 Å². The second-order valence-corrected chi connectivity index (χ2v) is 10.2. The number of sulfonamides is 1. The molecule has 0 aliphatic carbocycles. The van der Waals surface area contributed by atoms with Crippen LogP contribution in [0.4, 0.5) is 0 Å². The molecule has 3 rings (SSSR count). The van der Waals surface area contributed by atoms with Gasteiger partial charge in [-0.25, -0.2) is 12.7 Å². The lowest BCUT2D eigenvalue weighted by Crippen LogP contribution is -2.37. The first-order valence-electron chi connectivity index (χ1n) is 11.7. The van der Waals surface area contributed by atoms with Gasteiger partial charge in [-0.2, -0.15) is 0 Å². The third kappa shape index (κ3) is 5.93. The Kier molecular flexibility index (Phi) is 8.49. The highest BCUT2D eigenvalue weighted by atomic mass is 32.2. The van der Waals surface area contributed by atoms with E-state index in [1.165, 1.54) is 4.31 Å². The molecule has 2 N–H and O–H groups in total. The van der Waals surface area contributed by atoms with E-state index in [2.05, 4.69) is 12.2 Å². The SMILES string of the molecule is CCCCN1CCN(S(=O)(=O)c2ccc(CCNC(=O)C(CC)c3ccccc3)cc2)C1=N. The second kappa shape index (κ2) is 11.3. The number of unbranched alkanes of at least 4 members (excludes halogenated alkanes) is 1. The van der Waals surface area contributed by atoms with Crippen LogP contribution in [0.3, 0.4) is 0 Å². The molecule has 0 radical (unpaired) electrons. The summed E-state index contributed by atoms with van der Waals surface area (Å²) in [6.07, 6.45) is 3.28. The van der Waals surface area contributed by atoms with Gasteiger partial charge in [0.2, 0.25) is 11.9 Å². The maximum atomic E-state index is 13.0. The third-order valence-electron chi connectivity index (χ3n) is 6.04. The molecule has 8 heteroatoms. The van der Waals surface area contributed by atoms with Crippen molar-refractivity contribution in [2.75, 3.05) is 26.2 Å². The van der Waals surface area contributed by atoms with Gasteiger partial charge in [0.05, 0.1) is 17.4 Å². The third-order valence-corrected chi connectivity index (χ3v) is 7.84. The number of benzene rings is 2. The lowest BCUT2D eigenvalue weighted by atomic mass is 9.95. The highest BCUT2D eigenvalue weighted by Gasteiger charge is 2.34. The first kappa shape index (κ1) is 24.8. The minimum Gasteiger partial charge on any atom is -0.355 e. The number of guanidine groups is 1. The Morgan fingerprint density at radius 3 is 2.39 bits per heavy atom. The van der Waals surface area contributed by atoms with E-state index in [1.807, 2.05) is 42.2 Å². The molecule has 7 nitrogen and oxygen atoms in total. The predicted molar refractivity (Wildman–Crippen MR) is 131 cm³/mol. The standard InChI is InChI=1S/C25H34N4O3S/c1-3-5-17-28-18-19-29(25(28)26)33(31,32)22-13-11-20(12-14-22)15-16-27-24(30)23(4-2)21-9-7-6-8-10-21/h6-14,23,26H,3-5,15-19H2,1-2H3,(H,27,30). The molecule has 1 heterocycles. The Bertz CT molecular complexity index is 1040. The van der Waals surface area contributed by atoms with Crippen LogP contribution in [-0.4, -0.2) is 55.7 Å². The summed E-state index contributed by atoms with van der Waals surface area (Å²) in [5, 5.41) is 11.3. The van der Waals surface area contributed by atoms with Gasteiger partial charge in [0.25, 0.3) is 10.0 Å². The lowest BCUT2D eigenvalue weighted by molar-refractivity contribution is -0.122. The van der Waals surface area contributed by atoms with Crippen LogP contribution < -0.4 is 5.32 Å². The van der Waals surface area contributed by atoms with Gasteiger partial charge in [0, 0.05) is 19.6 Å². The molecule has 0 saturated carbocycles. The molecule has 1 aliphatic rings. The van der Waals surface area contributed by atoms with Crippen LogP contribution in [0.2, 0.25) is 0 Å². The van der Waals surface area contributed by atoms with Crippen molar-refractivity contribution in [3.8, 4) is 0 Å². The van der Waals surface area contributed by atoms with Gasteiger partial charge in [-0.05, 0) is 42.5 Å². The number of nitrogens with zero attached hydrogens (tertiary/aromatic N) is 2. The molecule has 2 aromatic carbocycles. The summed E-state index contributed by atoms with van der Waals surface area (Å²) < 4.78 is 27.2. The Morgan fingerprint density at radius 1 is 1.06 bits per heavy atom. The van der Waals surface area contributed by atoms with Crippen LogP contribution in [0.15, 0.2) is 59.5 Å². The van der Waals surface area contributed by atoms with Crippen molar-refractivity contribution in [2.45, 2.75) is 50.3 Å². The summed E-state index contributed by atoms with van der Waals surface area (Å²) in [5.41, 5.74) is 1.95. The quantitative estimate of drug-likeness (QED) is 0.525. The zero-order valence-electron chi connectivity index (χ0n) is 19.5. The predicted octanol–water partition coefficient (Wildman–Crippen LogP) is 3.58. The van der Waals surface area contributed by atoms with Crippen LogP contribution in [0.5, 0.6) is 0 Å². The molecule has 2 aromatic rings. The average molecular weight is 471 g/mol. The largest absolute Gasteiger partial charge is 0.355 e. The molecule has 178 valence electrons. The molecular formula is C25H34N4O3S. The molecule has 33 heavy (non-hydrogen) atoms. The van der Waals surface area contributed by atoms with Crippen molar-refractivity contribution in [1.82, 2.24) is 14.5 Å². The van der Waals surface area contributed by atoms with E-state index >= 15 is 0 Å². The lowest BCUT2D eigenvalue weighted by Gasteiger charge is -2.21. The number of rotatable bonds is 11. The Morgan fingerprint density at radius 2 is 1.76 bits per heavy atom. The van der Waals surface area contributed by atoms with E-state index in [0.29, 0.717) is 32.6 Å². The monoisotopic (exact) mass is 470 g/mol. The van der Waals surface area contributed by atoms with Gasteiger partial charge in [-0.3, -0.25) is 10.2 Å². The summed E-state index contributed by atoms with van der Waals surface area (Å²) in [5.74, 6) is -0.117. The fourth-order valence-corrected chi connectivity index (χ4v) is 5.45. The van der Waals surface area contributed by atoms with Crippen molar-refractivity contribution in [2.24, 2.45) is 0 Å². The van der Waals surface area contributed by atoms with E-state index in [-0.39, 0.29) is 22.7 Å². The first-order valence-corrected chi connectivity index (χ1v) is 13.1. The van der Waals surface area contributed by atoms with Gasteiger partial charge in [0.1, 0.15) is 0 Å². The maximum absolute atomic E-state index is 13.0. The van der Waals surface area contributed by atoms with Crippen LogP contribution in [0.25, 0.3) is 0 Å². The number of carbonyl (C=O) groups is 1. The zero-order valence-corrected chi connectivity index (χ0v) is 20.3. The van der Waals surface area contributed by atoms with E-state index in [9.17, 15) is 13.2 Å². The summed E-state index contributed by atoms with van der Waals surface area (Å²) in [7, 11) is -3.74. The minimum atomic E-state index is -3.74. The molecule has 1 aliphatic heterocycles. The summed E-state index contributed by atoms with van der Waals surface area (Å²) in [4.78, 5) is 14.6. The second-order valence-electron chi connectivity index (χ2n) is 8.30. The van der Waals surface area contributed by atoms with Gasteiger partial charge >= 0.3 is 0 Å². The topological polar surface area (TPSA) is 93.6 Å². The van der Waals surface area contributed by atoms with Crippen molar-refractivity contribution in [3.05, 3.63) is 65.7 Å². The van der Waals surface area contributed by atoms with Gasteiger partial charge in [-0.15, -0.1) is 0 Å². The minimum absolute atomic E-state index is 0.00284. The Hall–Kier alpha value is -2.87. The molecule has 1 saturated heterocycles.